The minimum Gasteiger partial charge on any atom is -0.369 e. The summed E-state index contributed by atoms with van der Waals surface area (Å²) in [6, 6.07) is 16.2. The minimum absolute atomic E-state index is 0.709. The Morgan fingerprint density at radius 2 is 1.84 bits per heavy atom. The van der Waals surface area contributed by atoms with Crippen molar-refractivity contribution in [1.29, 1.82) is 0 Å². The van der Waals surface area contributed by atoms with Crippen LogP contribution in [0.15, 0.2) is 42.5 Å². The molecule has 2 aliphatic rings. The zero-order valence-electron chi connectivity index (χ0n) is 11.2. The van der Waals surface area contributed by atoms with Crippen LogP contribution in [0.1, 0.15) is 12.8 Å². The van der Waals surface area contributed by atoms with Crippen LogP contribution in [0.5, 0.6) is 0 Å². The Kier molecular flexibility index (Phi) is 2.70. The number of benzene rings is 2. The second-order valence-corrected chi connectivity index (χ2v) is 5.88. The predicted octanol–water partition coefficient (Wildman–Crippen LogP) is 3.03. The number of hydrogen-bond donors (Lipinski definition) is 1. The SMILES string of the molecule is c1ccc2cc(N3CCNC(C4CC4)C3)ccc2c1. The quantitative estimate of drug-likeness (QED) is 0.884. The fraction of sp³-hybridized carbons (Fsp3) is 0.412. The van der Waals surface area contributed by atoms with Crippen molar-refractivity contribution in [3.05, 3.63) is 42.5 Å². The van der Waals surface area contributed by atoms with Gasteiger partial charge in [0.05, 0.1) is 0 Å². The van der Waals surface area contributed by atoms with E-state index in [-0.39, 0.29) is 0 Å². The van der Waals surface area contributed by atoms with Gasteiger partial charge in [0, 0.05) is 31.4 Å². The van der Waals surface area contributed by atoms with Crippen LogP contribution >= 0.6 is 0 Å². The molecule has 2 fully saturated rings. The Morgan fingerprint density at radius 3 is 2.68 bits per heavy atom. The van der Waals surface area contributed by atoms with Crippen LogP contribution in [0.2, 0.25) is 0 Å². The minimum atomic E-state index is 0.709. The summed E-state index contributed by atoms with van der Waals surface area (Å²) in [6.45, 7) is 3.42. The summed E-state index contributed by atoms with van der Waals surface area (Å²) >= 11 is 0. The van der Waals surface area contributed by atoms with Crippen molar-refractivity contribution in [2.24, 2.45) is 5.92 Å². The van der Waals surface area contributed by atoms with Crippen LogP contribution in [0.25, 0.3) is 10.8 Å². The van der Waals surface area contributed by atoms with E-state index in [1.165, 1.54) is 35.8 Å². The molecule has 98 valence electrons. The van der Waals surface area contributed by atoms with E-state index in [1.807, 2.05) is 0 Å². The molecule has 1 aliphatic carbocycles. The van der Waals surface area contributed by atoms with Crippen molar-refractivity contribution in [1.82, 2.24) is 5.32 Å². The second-order valence-electron chi connectivity index (χ2n) is 5.88. The van der Waals surface area contributed by atoms with Gasteiger partial charge in [-0.15, -0.1) is 0 Å². The van der Waals surface area contributed by atoms with Gasteiger partial charge in [-0.25, -0.2) is 0 Å². The van der Waals surface area contributed by atoms with Gasteiger partial charge in [-0.1, -0.05) is 30.3 Å². The lowest BCUT2D eigenvalue weighted by Gasteiger charge is -2.35. The lowest BCUT2D eigenvalue weighted by atomic mass is 10.1. The number of nitrogens with zero attached hydrogens (tertiary/aromatic N) is 1. The number of fused-ring (bicyclic) bond motifs is 1. The summed E-state index contributed by atoms with van der Waals surface area (Å²) in [7, 11) is 0. The summed E-state index contributed by atoms with van der Waals surface area (Å²) in [5, 5.41) is 6.36. The number of hydrogen-bond acceptors (Lipinski definition) is 2. The van der Waals surface area contributed by atoms with Gasteiger partial charge < -0.3 is 10.2 Å². The van der Waals surface area contributed by atoms with E-state index in [1.54, 1.807) is 0 Å². The molecule has 0 amide bonds. The van der Waals surface area contributed by atoms with Crippen LogP contribution in [0.3, 0.4) is 0 Å². The van der Waals surface area contributed by atoms with E-state index in [9.17, 15) is 0 Å². The first kappa shape index (κ1) is 11.3. The molecular formula is C17H20N2. The van der Waals surface area contributed by atoms with Crippen LogP contribution in [-0.4, -0.2) is 25.7 Å². The normalized spacial score (nSPS) is 23.8. The Hall–Kier alpha value is -1.54. The van der Waals surface area contributed by atoms with Gasteiger partial charge in [-0.3, -0.25) is 0 Å². The van der Waals surface area contributed by atoms with Gasteiger partial charge >= 0.3 is 0 Å². The average Bonchev–Trinajstić information content (AvgIpc) is 3.32. The fourth-order valence-electron chi connectivity index (χ4n) is 3.20. The highest BCUT2D eigenvalue weighted by Crippen LogP contribution is 2.34. The molecule has 0 spiro atoms. The fourth-order valence-corrected chi connectivity index (χ4v) is 3.20. The molecule has 0 aromatic heterocycles. The largest absolute Gasteiger partial charge is 0.369 e. The van der Waals surface area contributed by atoms with Gasteiger partial charge in [0.15, 0.2) is 0 Å². The summed E-state index contributed by atoms with van der Waals surface area (Å²) in [5.74, 6) is 0.934. The molecule has 1 heterocycles. The topological polar surface area (TPSA) is 15.3 Å². The molecule has 1 N–H and O–H groups in total. The van der Waals surface area contributed by atoms with Gasteiger partial charge in [-0.05, 0) is 41.7 Å². The Morgan fingerprint density at radius 1 is 1.00 bits per heavy atom. The van der Waals surface area contributed by atoms with Crippen molar-refractivity contribution >= 4 is 16.5 Å². The molecule has 4 rings (SSSR count). The maximum absolute atomic E-state index is 3.68. The molecular weight excluding hydrogens is 232 g/mol. The molecule has 2 aromatic carbocycles. The highest BCUT2D eigenvalue weighted by atomic mass is 15.2. The molecule has 1 unspecified atom stereocenters. The molecule has 19 heavy (non-hydrogen) atoms. The number of nitrogens with one attached hydrogen (secondary N) is 1. The molecule has 1 aliphatic heterocycles. The van der Waals surface area contributed by atoms with E-state index in [4.69, 9.17) is 0 Å². The first-order valence-electron chi connectivity index (χ1n) is 7.37. The predicted molar refractivity (Wildman–Crippen MR) is 80.7 cm³/mol. The zero-order chi connectivity index (χ0) is 12.7. The van der Waals surface area contributed by atoms with E-state index in [2.05, 4.69) is 52.7 Å². The smallest absolute Gasteiger partial charge is 0.0373 e. The maximum atomic E-state index is 3.68. The standard InChI is InChI=1S/C17H20N2/c1-2-4-15-11-16(8-7-13(15)3-1)19-10-9-18-17(12-19)14-5-6-14/h1-4,7-8,11,14,17-18H,5-6,9-10,12H2. The summed E-state index contributed by atoms with van der Waals surface area (Å²) in [5.41, 5.74) is 1.38. The Balaban J connectivity index is 1.61. The van der Waals surface area contributed by atoms with E-state index < -0.39 is 0 Å². The Bertz CT molecular complexity index is 589. The summed E-state index contributed by atoms with van der Waals surface area (Å²) in [4.78, 5) is 2.55. The molecule has 1 saturated carbocycles. The van der Waals surface area contributed by atoms with E-state index in [0.717, 1.165) is 19.0 Å². The summed E-state index contributed by atoms with van der Waals surface area (Å²) in [6.07, 6.45) is 2.84. The summed E-state index contributed by atoms with van der Waals surface area (Å²) < 4.78 is 0. The van der Waals surface area contributed by atoms with Crippen LogP contribution in [0.4, 0.5) is 5.69 Å². The van der Waals surface area contributed by atoms with E-state index in [0.29, 0.717) is 6.04 Å². The molecule has 2 heteroatoms. The maximum Gasteiger partial charge on any atom is 0.0373 e. The molecule has 0 bridgehead atoms. The number of piperazine rings is 1. The highest BCUT2D eigenvalue weighted by molar-refractivity contribution is 5.85. The van der Waals surface area contributed by atoms with Crippen molar-refractivity contribution in [2.75, 3.05) is 24.5 Å². The second kappa shape index (κ2) is 4.53. The van der Waals surface area contributed by atoms with Crippen LogP contribution in [0, 0.1) is 5.92 Å². The monoisotopic (exact) mass is 252 g/mol. The first-order chi connectivity index (χ1) is 9.40. The molecule has 0 radical (unpaired) electrons. The number of anilines is 1. The van der Waals surface area contributed by atoms with Gasteiger partial charge in [0.2, 0.25) is 0 Å². The zero-order valence-corrected chi connectivity index (χ0v) is 11.2. The highest BCUT2D eigenvalue weighted by Gasteiger charge is 2.33. The van der Waals surface area contributed by atoms with Crippen LogP contribution < -0.4 is 10.2 Å². The van der Waals surface area contributed by atoms with Gasteiger partial charge in [0.25, 0.3) is 0 Å². The molecule has 2 nitrogen and oxygen atoms in total. The van der Waals surface area contributed by atoms with E-state index >= 15 is 0 Å². The van der Waals surface area contributed by atoms with Crippen molar-refractivity contribution < 1.29 is 0 Å². The van der Waals surface area contributed by atoms with Crippen molar-refractivity contribution in [3.8, 4) is 0 Å². The lowest BCUT2D eigenvalue weighted by Crippen LogP contribution is -2.51. The molecule has 1 atom stereocenters. The third kappa shape index (κ3) is 2.21. The first-order valence-corrected chi connectivity index (χ1v) is 7.37. The van der Waals surface area contributed by atoms with Crippen molar-refractivity contribution in [3.63, 3.8) is 0 Å². The number of rotatable bonds is 2. The van der Waals surface area contributed by atoms with Crippen LogP contribution in [-0.2, 0) is 0 Å². The van der Waals surface area contributed by atoms with Crippen molar-refractivity contribution in [2.45, 2.75) is 18.9 Å². The average molecular weight is 252 g/mol. The van der Waals surface area contributed by atoms with Gasteiger partial charge in [-0.2, -0.15) is 0 Å². The lowest BCUT2D eigenvalue weighted by molar-refractivity contribution is 0.419. The third-order valence-electron chi connectivity index (χ3n) is 4.49. The third-order valence-corrected chi connectivity index (χ3v) is 4.49. The molecule has 2 aromatic rings. The van der Waals surface area contributed by atoms with Gasteiger partial charge in [0.1, 0.15) is 0 Å². The molecule has 1 saturated heterocycles. The Labute approximate surface area is 114 Å².